The first-order valence-electron chi connectivity index (χ1n) is 12.0. The molecule has 13 heteroatoms. The number of hydrogen-bond donors (Lipinski definition) is 2. The number of furan rings is 1. The lowest BCUT2D eigenvalue weighted by Crippen LogP contribution is -2.32. The van der Waals surface area contributed by atoms with Crippen LogP contribution in [0.3, 0.4) is 0 Å². The van der Waals surface area contributed by atoms with Gasteiger partial charge in [0.1, 0.15) is 17.3 Å². The Balaban J connectivity index is 1.46. The van der Waals surface area contributed by atoms with Gasteiger partial charge in [0, 0.05) is 12.2 Å². The number of nitrogens with zero attached hydrogens (tertiary/aromatic N) is 2. The second-order valence-electron chi connectivity index (χ2n) is 8.80. The van der Waals surface area contributed by atoms with Gasteiger partial charge in [-0.15, -0.1) is 0 Å². The van der Waals surface area contributed by atoms with E-state index in [4.69, 9.17) is 27.6 Å². The molecule has 9 nitrogen and oxygen atoms in total. The van der Waals surface area contributed by atoms with E-state index in [1.54, 1.807) is 36.4 Å². The summed E-state index contributed by atoms with van der Waals surface area (Å²) in [6.45, 7) is 1.71. The highest BCUT2D eigenvalue weighted by atomic mass is 35.5. The molecule has 0 saturated carbocycles. The van der Waals surface area contributed by atoms with Gasteiger partial charge in [-0.3, -0.25) is 9.59 Å². The van der Waals surface area contributed by atoms with Crippen LogP contribution in [0.15, 0.2) is 93.3 Å². The minimum absolute atomic E-state index is 0.0174. The van der Waals surface area contributed by atoms with Crippen LogP contribution in [-0.2, 0) is 32.7 Å². The van der Waals surface area contributed by atoms with E-state index in [2.05, 4.69) is 15.8 Å². The zero-order valence-corrected chi connectivity index (χ0v) is 23.8. The molecule has 1 aromatic heterocycles. The molecule has 0 atom stereocenters. The van der Waals surface area contributed by atoms with Gasteiger partial charge >= 0.3 is 11.8 Å². The first-order chi connectivity index (χ1) is 19.5. The highest BCUT2D eigenvalue weighted by Gasteiger charge is 2.26. The molecular weight excluding hydrogens is 594 g/mol. The fourth-order valence-corrected chi connectivity index (χ4v) is 5.29. The van der Waals surface area contributed by atoms with Gasteiger partial charge in [-0.1, -0.05) is 47.0 Å². The molecule has 4 rings (SSSR count). The van der Waals surface area contributed by atoms with Gasteiger partial charge in [-0.05, 0) is 73.2 Å². The molecule has 0 fully saturated rings. The lowest BCUT2D eigenvalue weighted by atomic mass is 10.2. The normalized spacial score (nSPS) is 11.6. The van der Waals surface area contributed by atoms with Gasteiger partial charge in [-0.2, -0.15) is 9.41 Å². The van der Waals surface area contributed by atoms with Crippen LogP contribution in [-0.4, -0.2) is 30.8 Å². The van der Waals surface area contributed by atoms with E-state index in [0.717, 1.165) is 23.9 Å². The molecule has 0 aliphatic rings. The summed E-state index contributed by atoms with van der Waals surface area (Å²) in [6.07, 6.45) is 1.16. The molecule has 0 aliphatic carbocycles. The fourth-order valence-electron chi connectivity index (χ4n) is 3.58. The third kappa shape index (κ3) is 8.01. The summed E-state index contributed by atoms with van der Waals surface area (Å²) in [7, 11) is -3.95. The average molecular weight is 617 g/mol. The van der Waals surface area contributed by atoms with Crippen LogP contribution in [0, 0.1) is 12.7 Å². The Morgan fingerprint density at radius 1 is 0.927 bits per heavy atom. The van der Waals surface area contributed by atoms with Crippen LogP contribution >= 0.6 is 23.2 Å². The zero-order chi connectivity index (χ0) is 29.6. The van der Waals surface area contributed by atoms with Crippen LogP contribution in [0.4, 0.5) is 10.1 Å². The number of rotatable bonds is 9. The average Bonchev–Trinajstić information content (AvgIpc) is 3.39. The third-order valence-corrected chi connectivity index (χ3v) is 8.23. The molecule has 41 heavy (non-hydrogen) atoms. The Labute approximate surface area is 245 Å². The van der Waals surface area contributed by atoms with Crippen LogP contribution in [0.5, 0.6) is 0 Å². The lowest BCUT2D eigenvalue weighted by molar-refractivity contribution is -0.136. The van der Waals surface area contributed by atoms with E-state index in [1.807, 2.05) is 6.92 Å². The van der Waals surface area contributed by atoms with Crippen molar-refractivity contribution in [3.05, 3.63) is 117 Å². The minimum Gasteiger partial charge on any atom is -0.459 e. The zero-order valence-electron chi connectivity index (χ0n) is 21.5. The number of amides is 2. The first kappa shape index (κ1) is 29.9. The van der Waals surface area contributed by atoms with Crippen molar-refractivity contribution in [3.8, 4) is 0 Å². The van der Waals surface area contributed by atoms with Crippen molar-refractivity contribution in [1.29, 1.82) is 0 Å². The molecule has 4 aromatic rings. The number of halogens is 3. The summed E-state index contributed by atoms with van der Waals surface area (Å²) in [5.74, 6) is -2.06. The molecule has 1 heterocycles. The monoisotopic (exact) mass is 616 g/mol. The number of sulfonamides is 1. The van der Waals surface area contributed by atoms with Crippen molar-refractivity contribution in [2.24, 2.45) is 5.10 Å². The molecule has 0 bridgehead atoms. The first-order valence-corrected chi connectivity index (χ1v) is 14.2. The van der Waals surface area contributed by atoms with E-state index in [9.17, 15) is 22.4 Å². The number of hydrogen-bond acceptors (Lipinski definition) is 6. The highest BCUT2D eigenvalue weighted by molar-refractivity contribution is 7.89. The van der Waals surface area contributed by atoms with Gasteiger partial charge in [0.15, 0.2) is 0 Å². The molecule has 0 spiro atoms. The number of carbonyl (C=O) groups is 2. The maximum Gasteiger partial charge on any atom is 0.329 e. The third-order valence-electron chi connectivity index (χ3n) is 5.68. The van der Waals surface area contributed by atoms with Crippen LogP contribution < -0.4 is 10.7 Å². The standard InChI is InChI=1S/C28H23Cl2FN4O5S/c1-18-2-11-24(12-3-18)41(38,39)35(16-19-4-13-25(29)26(30)14-19)17-23-10-9-22(40-23)15-32-34-28(37)27(36)33-21-7-5-20(31)6-8-21/h2-15H,16-17H2,1H3,(H,33,36)(H,34,37)/b32-15+. The second-order valence-corrected chi connectivity index (χ2v) is 11.6. The maximum atomic E-state index is 13.6. The predicted molar refractivity (Wildman–Crippen MR) is 154 cm³/mol. The Kier molecular flexibility index (Phi) is 9.56. The molecular formula is C28H23Cl2FN4O5S. The van der Waals surface area contributed by atoms with E-state index in [1.165, 1.54) is 34.6 Å². The van der Waals surface area contributed by atoms with Gasteiger partial charge in [0.05, 0.1) is 27.7 Å². The van der Waals surface area contributed by atoms with Crippen molar-refractivity contribution in [2.45, 2.75) is 24.9 Å². The summed E-state index contributed by atoms with van der Waals surface area (Å²) in [4.78, 5) is 24.1. The Morgan fingerprint density at radius 2 is 1.63 bits per heavy atom. The van der Waals surface area contributed by atoms with E-state index >= 15 is 0 Å². The topological polar surface area (TPSA) is 121 Å². The Bertz CT molecular complexity index is 1690. The lowest BCUT2D eigenvalue weighted by Gasteiger charge is -2.22. The van der Waals surface area contributed by atoms with E-state index in [0.29, 0.717) is 21.4 Å². The summed E-state index contributed by atoms with van der Waals surface area (Å²) < 4.78 is 47.1. The van der Waals surface area contributed by atoms with Gasteiger partial charge < -0.3 is 9.73 Å². The molecule has 212 valence electrons. The quantitative estimate of drug-likeness (QED) is 0.146. The predicted octanol–water partition coefficient (Wildman–Crippen LogP) is 5.51. The number of anilines is 1. The number of hydrazone groups is 1. The van der Waals surface area contributed by atoms with Gasteiger partial charge in [0.25, 0.3) is 0 Å². The number of nitrogens with one attached hydrogen (secondary N) is 2. The van der Waals surface area contributed by atoms with Crippen molar-refractivity contribution in [1.82, 2.24) is 9.73 Å². The maximum absolute atomic E-state index is 13.6. The molecule has 0 unspecified atom stereocenters. The van der Waals surface area contributed by atoms with E-state index in [-0.39, 0.29) is 29.4 Å². The van der Waals surface area contributed by atoms with Crippen molar-refractivity contribution in [3.63, 3.8) is 0 Å². The summed E-state index contributed by atoms with van der Waals surface area (Å²) in [5, 5.41) is 6.65. The van der Waals surface area contributed by atoms with Crippen LogP contribution in [0.2, 0.25) is 10.0 Å². The number of benzene rings is 3. The van der Waals surface area contributed by atoms with E-state index < -0.39 is 27.7 Å². The second kappa shape index (κ2) is 13.1. The van der Waals surface area contributed by atoms with Crippen LogP contribution in [0.25, 0.3) is 0 Å². The Hall–Kier alpha value is -4.03. The largest absolute Gasteiger partial charge is 0.459 e. The molecule has 2 N–H and O–H groups in total. The van der Waals surface area contributed by atoms with Crippen molar-refractivity contribution >= 4 is 56.9 Å². The number of carbonyl (C=O) groups excluding carboxylic acids is 2. The smallest absolute Gasteiger partial charge is 0.329 e. The Morgan fingerprint density at radius 3 is 2.32 bits per heavy atom. The summed E-state index contributed by atoms with van der Waals surface area (Å²) >= 11 is 12.2. The SMILES string of the molecule is Cc1ccc(S(=O)(=O)N(Cc2ccc(Cl)c(Cl)c2)Cc2ccc(/C=N/NC(=O)C(=O)Nc3ccc(F)cc3)o2)cc1. The van der Waals surface area contributed by atoms with Gasteiger partial charge in [-0.25, -0.2) is 18.2 Å². The summed E-state index contributed by atoms with van der Waals surface area (Å²) in [6, 6.07) is 19.3. The number of aryl methyl sites for hydroxylation is 1. The van der Waals surface area contributed by atoms with Crippen molar-refractivity contribution < 1.29 is 26.8 Å². The fraction of sp³-hybridized carbons (Fsp3) is 0.107. The van der Waals surface area contributed by atoms with Crippen LogP contribution in [0.1, 0.15) is 22.6 Å². The molecule has 2 amide bonds. The van der Waals surface area contributed by atoms with Gasteiger partial charge in [0.2, 0.25) is 10.0 Å². The minimum atomic E-state index is -3.95. The van der Waals surface area contributed by atoms with Crippen molar-refractivity contribution in [2.75, 3.05) is 5.32 Å². The molecule has 3 aromatic carbocycles. The molecule has 0 aliphatic heterocycles. The molecule has 0 saturated heterocycles. The summed E-state index contributed by atoms with van der Waals surface area (Å²) in [5.41, 5.74) is 3.82. The highest BCUT2D eigenvalue weighted by Crippen LogP contribution is 2.26. The molecule has 0 radical (unpaired) electrons.